The molecule has 1 saturated heterocycles. The van der Waals surface area contributed by atoms with Crippen LogP contribution in [0.4, 0.5) is 11.6 Å². The predicted octanol–water partition coefficient (Wildman–Crippen LogP) is 5.00. The summed E-state index contributed by atoms with van der Waals surface area (Å²) < 4.78 is 3.89. The third-order valence-corrected chi connectivity index (χ3v) is 8.23. The third kappa shape index (κ3) is 4.65. The fourth-order valence-corrected chi connectivity index (χ4v) is 5.97. The Morgan fingerprint density at radius 1 is 1.13 bits per heavy atom. The van der Waals surface area contributed by atoms with Crippen LogP contribution in [0.2, 0.25) is 10.0 Å². The Morgan fingerprint density at radius 2 is 1.89 bits per heavy atom. The fraction of sp³-hybridized carbons (Fsp3) is 0.370. The molecule has 9 nitrogen and oxygen atoms in total. The van der Waals surface area contributed by atoms with E-state index >= 15 is 0 Å². The fourth-order valence-electron chi connectivity index (χ4n) is 5.44. The summed E-state index contributed by atoms with van der Waals surface area (Å²) in [7, 11) is 1.95. The second kappa shape index (κ2) is 10.0. The number of piperidine rings is 1. The largest absolute Gasteiger partial charge is 0.343 e. The van der Waals surface area contributed by atoms with Crippen molar-refractivity contribution in [2.75, 3.05) is 18.4 Å². The van der Waals surface area contributed by atoms with E-state index in [0.717, 1.165) is 78.2 Å². The normalized spacial score (nSPS) is 15.3. The van der Waals surface area contributed by atoms with Crippen molar-refractivity contribution in [2.24, 2.45) is 7.05 Å². The molecule has 1 aliphatic carbocycles. The van der Waals surface area contributed by atoms with Crippen LogP contribution in [-0.2, 0) is 31.1 Å². The lowest BCUT2D eigenvalue weighted by Gasteiger charge is -2.31. The van der Waals surface area contributed by atoms with Gasteiger partial charge >= 0.3 is 0 Å². The number of amides is 1. The number of hydrogen-bond donors (Lipinski definition) is 1. The quantitative estimate of drug-likeness (QED) is 0.376. The molecule has 1 aromatic carbocycles. The van der Waals surface area contributed by atoms with Crippen molar-refractivity contribution in [3.8, 4) is 11.3 Å². The molecule has 0 spiro atoms. The average molecular weight is 551 g/mol. The van der Waals surface area contributed by atoms with Gasteiger partial charge in [0.2, 0.25) is 11.9 Å². The van der Waals surface area contributed by atoms with Gasteiger partial charge in [0.25, 0.3) is 0 Å². The minimum absolute atomic E-state index is 0.130. The number of fused-ring (bicyclic) bond motifs is 3. The van der Waals surface area contributed by atoms with Crippen LogP contribution in [0.1, 0.15) is 48.3 Å². The highest BCUT2D eigenvalue weighted by molar-refractivity contribution is 6.36. The Morgan fingerprint density at radius 3 is 2.63 bits per heavy atom. The summed E-state index contributed by atoms with van der Waals surface area (Å²) in [5, 5.41) is 14.0. The summed E-state index contributed by atoms with van der Waals surface area (Å²) in [6.07, 6.45) is 9.67. The lowest BCUT2D eigenvalue weighted by Crippen LogP contribution is -2.37. The van der Waals surface area contributed by atoms with Gasteiger partial charge in [-0.1, -0.05) is 29.3 Å². The second-order valence-electron chi connectivity index (χ2n) is 9.91. The molecule has 2 aliphatic rings. The van der Waals surface area contributed by atoms with E-state index in [-0.39, 0.29) is 11.9 Å². The molecule has 38 heavy (non-hydrogen) atoms. The highest BCUT2D eigenvalue weighted by Gasteiger charge is 2.27. The van der Waals surface area contributed by atoms with Crippen molar-refractivity contribution in [2.45, 2.75) is 45.1 Å². The Hall–Kier alpha value is -3.43. The second-order valence-corrected chi connectivity index (χ2v) is 10.7. The highest BCUT2D eigenvalue weighted by Crippen LogP contribution is 2.37. The first-order chi connectivity index (χ1) is 18.4. The number of carbonyl (C=O) groups excluding carboxylic acids is 1. The van der Waals surface area contributed by atoms with Gasteiger partial charge in [0.05, 0.1) is 35.0 Å². The van der Waals surface area contributed by atoms with Crippen LogP contribution in [0.15, 0.2) is 36.8 Å². The van der Waals surface area contributed by atoms with Crippen molar-refractivity contribution >= 4 is 40.7 Å². The monoisotopic (exact) mass is 550 g/mol. The van der Waals surface area contributed by atoms with E-state index in [2.05, 4.69) is 15.4 Å². The topological polar surface area (TPSA) is 93.8 Å². The minimum atomic E-state index is 0.130. The summed E-state index contributed by atoms with van der Waals surface area (Å²) >= 11 is 13.0. The molecular weight excluding hydrogens is 523 g/mol. The van der Waals surface area contributed by atoms with Crippen LogP contribution in [0.3, 0.4) is 0 Å². The lowest BCUT2D eigenvalue weighted by atomic mass is 9.91. The number of carbonyl (C=O) groups is 1. The summed E-state index contributed by atoms with van der Waals surface area (Å²) in [6, 6.07) is 5.83. The first-order valence-electron chi connectivity index (χ1n) is 12.8. The Labute approximate surface area is 230 Å². The summed E-state index contributed by atoms with van der Waals surface area (Å²) in [5.74, 6) is 0.638. The molecule has 1 amide bonds. The van der Waals surface area contributed by atoms with Crippen LogP contribution < -0.4 is 5.32 Å². The number of hydrogen-bond acceptors (Lipinski definition) is 6. The first kappa shape index (κ1) is 24.9. The molecular formula is C27H28Cl2N8O. The maximum absolute atomic E-state index is 11.6. The van der Waals surface area contributed by atoms with Crippen molar-refractivity contribution in [3.63, 3.8) is 0 Å². The van der Waals surface area contributed by atoms with Gasteiger partial charge in [-0.15, -0.1) is 0 Å². The highest BCUT2D eigenvalue weighted by atomic mass is 35.5. The molecule has 0 bridgehead atoms. The van der Waals surface area contributed by atoms with Gasteiger partial charge in [-0.2, -0.15) is 10.2 Å². The van der Waals surface area contributed by atoms with E-state index in [9.17, 15) is 4.79 Å². The number of nitrogens with one attached hydrogen (secondary N) is 1. The number of aromatic nitrogens is 6. The van der Waals surface area contributed by atoms with E-state index in [1.807, 2.05) is 51.9 Å². The number of anilines is 2. The number of likely N-dealkylation sites (tertiary alicyclic amines) is 1. The number of benzene rings is 1. The maximum atomic E-state index is 11.6. The van der Waals surface area contributed by atoms with Gasteiger partial charge in [-0.25, -0.2) is 9.97 Å². The zero-order valence-electron chi connectivity index (χ0n) is 21.3. The van der Waals surface area contributed by atoms with Crippen molar-refractivity contribution in [3.05, 3.63) is 69.3 Å². The van der Waals surface area contributed by atoms with E-state index < -0.39 is 0 Å². The number of aryl methyl sites for hydroxylation is 3. The first-order valence-corrected chi connectivity index (χ1v) is 13.5. The van der Waals surface area contributed by atoms with Crippen LogP contribution in [0, 0.1) is 0 Å². The van der Waals surface area contributed by atoms with Gasteiger partial charge in [0.1, 0.15) is 0 Å². The van der Waals surface area contributed by atoms with Crippen LogP contribution in [0.5, 0.6) is 0 Å². The molecule has 196 valence electrons. The van der Waals surface area contributed by atoms with Gasteiger partial charge < -0.3 is 10.2 Å². The molecule has 4 heterocycles. The smallest absolute Gasteiger partial charge is 0.227 e. The Bertz CT molecular complexity index is 1500. The molecule has 0 radical (unpaired) electrons. The van der Waals surface area contributed by atoms with E-state index in [0.29, 0.717) is 22.4 Å². The molecule has 3 aromatic heterocycles. The molecule has 0 saturated carbocycles. The SMILES string of the molecule is CC(=O)N1CCC(n2cc(Nc3ncc4c(n3)-c3c(nn(C)c3Cc3c(Cl)cccc3Cl)CC4)cn2)CC1. The summed E-state index contributed by atoms with van der Waals surface area (Å²) in [5.41, 5.74) is 6.75. The van der Waals surface area contributed by atoms with Crippen molar-refractivity contribution in [1.29, 1.82) is 0 Å². The van der Waals surface area contributed by atoms with Gasteiger partial charge in [0, 0.05) is 61.5 Å². The molecule has 0 atom stereocenters. The van der Waals surface area contributed by atoms with Crippen LogP contribution in [0.25, 0.3) is 11.3 Å². The van der Waals surface area contributed by atoms with Gasteiger partial charge in [-0.3, -0.25) is 14.2 Å². The molecule has 1 aliphatic heterocycles. The Balaban J connectivity index is 1.26. The molecule has 1 fully saturated rings. The zero-order valence-corrected chi connectivity index (χ0v) is 22.8. The lowest BCUT2D eigenvalue weighted by molar-refractivity contribution is -0.130. The number of halogens is 2. The van der Waals surface area contributed by atoms with E-state index in [4.69, 9.17) is 33.3 Å². The average Bonchev–Trinajstić information content (AvgIpc) is 3.50. The van der Waals surface area contributed by atoms with Crippen molar-refractivity contribution in [1.82, 2.24) is 34.4 Å². The maximum Gasteiger partial charge on any atom is 0.227 e. The van der Waals surface area contributed by atoms with Gasteiger partial charge in [-0.05, 0) is 48.9 Å². The standard InChI is InChI=1S/C27H28Cl2N8O/c1-16(38)36-10-8-19(9-11-36)37-15-18(14-31-37)32-27-30-13-17-6-7-23-25(26(17)33-27)24(35(2)34-23)12-20-21(28)4-3-5-22(20)29/h3-5,13-15,19H,6-12H2,1-2H3,(H,30,32,33). The minimum Gasteiger partial charge on any atom is -0.343 e. The van der Waals surface area contributed by atoms with Crippen LogP contribution in [-0.4, -0.2) is 53.4 Å². The van der Waals surface area contributed by atoms with Crippen LogP contribution >= 0.6 is 23.2 Å². The van der Waals surface area contributed by atoms with E-state index in [1.165, 1.54) is 0 Å². The molecule has 4 aromatic rings. The van der Waals surface area contributed by atoms with E-state index in [1.54, 1.807) is 13.1 Å². The molecule has 0 unspecified atom stereocenters. The number of rotatable bonds is 5. The predicted molar refractivity (Wildman–Crippen MR) is 147 cm³/mol. The summed E-state index contributed by atoms with van der Waals surface area (Å²) in [4.78, 5) is 23.1. The van der Waals surface area contributed by atoms with Gasteiger partial charge in [0.15, 0.2) is 0 Å². The Kier molecular flexibility index (Phi) is 6.57. The van der Waals surface area contributed by atoms with Crippen molar-refractivity contribution < 1.29 is 4.79 Å². The number of nitrogens with zero attached hydrogens (tertiary/aromatic N) is 7. The zero-order chi connectivity index (χ0) is 26.4. The molecule has 11 heteroatoms. The molecule has 6 rings (SSSR count). The summed E-state index contributed by atoms with van der Waals surface area (Å²) in [6.45, 7) is 3.13. The third-order valence-electron chi connectivity index (χ3n) is 7.52. The molecule has 1 N–H and O–H groups in total.